The van der Waals surface area contributed by atoms with Gasteiger partial charge in [0.2, 0.25) is 0 Å². The topological polar surface area (TPSA) is 26.0 Å². The van der Waals surface area contributed by atoms with Crippen molar-refractivity contribution in [3.63, 3.8) is 0 Å². The first-order valence-corrected chi connectivity index (χ1v) is 5.37. The van der Waals surface area contributed by atoms with E-state index in [1.807, 2.05) is 0 Å². The van der Waals surface area contributed by atoms with E-state index in [1.54, 1.807) is 0 Å². The fourth-order valence-corrected chi connectivity index (χ4v) is 2.34. The Balaban J connectivity index is 2.20. The molecule has 2 unspecified atom stereocenters. The Morgan fingerprint density at radius 2 is 1.73 bits per heavy atom. The molecule has 0 amide bonds. The van der Waals surface area contributed by atoms with Crippen molar-refractivity contribution < 1.29 is 8.78 Å². The Labute approximate surface area is 88.3 Å². The first-order chi connectivity index (χ1) is 7.15. The van der Waals surface area contributed by atoms with E-state index in [9.17, 15) is 8.78 Å². The second-order valence-electron chi connectivity index (χ2n) is 4.33. The van der Waals surface area contributed by atoms with Gasteiger partial charge in [-0.1, -0.05) is 6.42 Å². The summed E-state index contributed by atoms with van der Waals surface area (Å²) in [4.78, 5) is 0. The molecule has 82 valence electrons. The predicted octanol–water partition coefficient (Wildman–Crippen LogP) is 2.95. The largest absolute Gasteiger partial charge is 0.328 e. The molecule has 0 bridgehead atoms. The Bertz CT molecular complexity index is 331. The lowest BCUT2D eigenvalue weighted by Gasteiger charge is -2.26. The summed E-state index contributed by atoms with van der Waals surface area (Å²) < 4.78 is 26.0. The number of halogens is 2. The van der Waals surface area contributed by atoms with Crippen molar-refractivity contribution in [2.75, 3.05) is 0 Å². The van der Waals surface area contributed by atoms with Gasteiger partial charge < -0.3 is 5.73 Å². The number of rotatable bonds is 1. The van der Waals surface area contributed by atoms with E-state index in [2.05, 4.69) is 0 Å². The van der Waals surface area contributed by atoms with Crippen molar-refractivity contribution >= 4 is 0 Å². The first-order valence-electron chi connectivity index (χ1n) is 5.37. The minimum atomic E-state index is -0.496. The second-order valence-corrected chi connectivity index (χ2v) is 4.33. The van der Waals surface area contributed by atoms with Crippen molar-refractivity contribution in [1.29, 1.82) is 0 Å². The molecule has 2 rings (SSSR count). The highest BCUT2D eigenvalue weighted by Crippen LogP contribution is 2.32. The lowest BCUT2D eigenvalue weighted by atomic mass is 9.82. The molecule has 0 aromatic heterocycles. The van der Waals surface area contributed by atoms with Gasteiger partial charge in [0, 0.05) is 12.1 Å². The maximum atomic E-state index is 13.0. The Morgan fingerprint density at radius 1 is 1.07 bits per heavy atom. The third-order valence-electron chi connectivity index (χ3n) is 3.07. The fraction of sp³-hybridized carbons (Fsp3) is 0.500. The highest BCUT2D eigenvalue weighted by atomic mass is 19.1. The van der Waals surface area contributed by atoms with E-state index >= 15 is 0 Å². The van der Waals surface area contributed by atoms with Gasteiger partial charge in [-0.25, -0.2) is 8.78 Å². The predicted molar refractivity (Wildman–Crippen MR) is 55.5 cm³/mol. The normalized spacial score (nSPS) is 26.6. The van der Waals surface area contributed by atoms with Crippen molar-refractivity contribution in [2.45, 2.75) is 37.6 Å². The van der Waals surface area contributed by atoms with E-state index in [-0.39, 0.29) is 12.0 Å². The van der Waals surface area contributed by atoms with E-state index < -0.39 is 11.6 Å². The van der Waals surface area contributed by atoms with Crippen molar-refractivity contribution in [3.05, 3.63) is 35.4 Å². The van der Waals surface area contributed by atoms with Crippen LogP contribution in [-0.2, 0) is 0 Å². The molecule has 0 aliphatic heterocycles. The summed E-state index contributed by atoms with van der Waals surface area (Å²) in [6.07, 6.45) is 3.89. The van der Waals surface area contributed by atoms with E-state index in [0.29, 0.717) is 0 Å². The molecule has 1 aliphatic rings. The van der Waals surface area contributed by atoms with Gasteiger partial charge in [0.1, 0.15) is 11.6 Å². The monoisotopic (exact) mass is 211 g/mol. The summed E-state index contributed by atoms with van der Waals surface area (Å²) >= 11 is 0. The molecule has 0 spiro atoms. The quantitative estimate of drug-likeness (QED) is 0.759. The van der Waals surface area contributed by atoms with Crippen LogP contribution in [0.2, 0.25) is 0 Å². The Morgan fingerprint density at radius 3 is 2.33 bits per heavy atom. The summed E-state index contributed by atoms with van der Waals surface area (Å²) in [7, 11) is 0. The molecule has 0 radical (unpaired) electrons. The number of hydrogen-bond donors (Lipinski definition) is 1. The average molecular weight is 211 g/mol. The molecule has 1 aliphatic carbocycles. The van der Waals surface area contributed by atoms with Crippen molar-refractivity contribution in [1.82, 2.24) is 0 Å². The molecule has 1 fully saturated rings. The number of nitrogens with two attached hydrogens (primary N) is 1. The minimum Gasteiger partial charge on any atom is -0.328 e. The summed E-state index contributed by atoms with van der Waals surface area (Å²) in [5.41, 5.74) is 6.60. The van der Waals surface area contributed by atoms with Gasteiger partial charge >= 0.3 is 0 Å². The smallest absolute Gasteiger partial charge is 0.126 e. The van der Waals surface area contributed by atoms with Crippen LogP contribution in [0.1, 0.15) is 37.2 Å². The maximum Gasteiger partial charge on any atom is 0.126 e. The van der Waals surface area contributed by atoms with E-state index in [0.717, 1.165) is 37.3 Å². The van der Waals surface area contributed by atoms with Crippen LogP contribution in [0.4, 0.5) is 8.78 Å². The molecule has 1 aromatic carbocycles. The molecular formula is C12H15F2N. The fourth-order valence-electron chi connectivity index (χ4n) is 2.34. The van der Waals surface area contributed by atoms with E-state index in [1.165, 1.54) is 12.1 Å². The molecule has 1 aromatic rings. The van der Waals surface area contributed by atoms with Crippen molar-refractivity contribution in [3.8, 4) is 0 Å². The zero-order chi connectivity index (χ0) is 10.8. The molecule has 2 N–H and O–H groups in total. The van der Waals surface area contributed by atoms with Crippen LogP contribution < -0.4 is 5.73 Å². The molecule has 0 saturated heterocycles. The number of benzene rings is 1. The van der Waals surface area contributed by atoms with Crippen LogP contribution >= 0.6 is 0 Å². The summed E-state index contributed by atoms with van der Waals surface area (Å²) in [5, 5.41) is 0. The van der Waals surface area contributed by atoms with Gasteiger partial charge in [0.05, 0.1) is 0 Å². The maximum absolute atomic E-state index is 13.0. The van der Waals surface area contributed by atoms with Gasteiger partial charge in [-0.05, 0) is 42.9 Å². The third kappa shape index (κ3) is 2.53. The van der Waals surface area contributed by atoms with Crippen LogP contribution in [0.3, 0.4) is 0 Å². The van der Waals surface area contributed by atoms with Gasteiger partial charge in [0.15, 0.2) is 0 Å². The van der Waals surface area contributed by atoms with Crippen LogP contribution in [0.5, 0.6) is 0 Å². The number of hydrogen-bond acceptors (Lipinski definition) is 1. The SMILES string of the molecule is NC1CCCC(c2cc(F)cc(F)c2)C1. The molecule has 1 saturated carbocycles. The third-order valence-corrected chi connectivity index (χ3v) is 3.07. The standard InChI is InChI=1S/C12H15F2N/c13-10-4-9(5-11(14)7-10)8-2-1-3-12(15)6-8/h4-5,7-8,12H,1-3,6,15H2. The minimum absolute atomic E-state index is 0.176. The molecule has 0 heterocycles. The van der Waals surface area contributed by atoms with Crippen LogP contribution in [0.25, 0.3) is 0 Å². The molecule has 3 heteroatoms. The molecule has 1 nitrogen and oxygen atoms in total. The van der Waals surface area contributed by atoms with Gasteiger partial charge in [-0.2, -0.15) is 0 Å². The van der Waals surface area contributed by atoms with Gasteiger partial charge in [0.25, 0.3) is 0 Å². The summed E-state index contributed by atoms with van der Waals surface area (Å²) in [5.74, 6) is -0.771. The average Bonchev–Trinajstić information content (AvgIpc) is 2.16. The first kappa shape index (κ1) is 10.6. The zero-order valence-electron chi connectivity index (χ0n) is 8.55. The Hall–Kier alpha value is -0.960. The highest BCUT2D eigenvalue weighted by molar-refractivity contribution is 5.22. The van der Waals surface area contributed by atoms with Gasteiger partial charge in [-0.15, -0.1) is 0 Å². The van der Waals surface area contributed by atoms with Crippen LogP contribution in [0, 0.1) is 11.6 Å². The highest BCUT2D eigenvalue weighted by Gasteiger charge is 2.21. The second kappa shape index (κ2) is 4.27. The van der Waals surface area contributed by atoms with Crippen molar-refractivity contribution in [2.24, 2.45) is 5.73 Å². The van der Waals surface area contributed by atoms with Crippen LogP contribution in [0.15, 0.2) is 18.2 Å². The lowest BCUT2D eigenvalue weighted by molar-refractivity contribution is 0.391. The summed E-state index contributed by atoms with van der Waals surface area (Å²) in [6, 6.07) is 3.93. The molecule has 2 atom stereocenters. The molecular weight excluding hydrogens is 196 g/mol. The Kier molecular flexibility index (Phi) is 3.00. The van der Waals surface area contributed by atoms with Crippen LogP contribution in [-0.4, -0.2) is 6.04 Å². The summed E-state index contributed by atoms with van der Waals surface area (Å²) in [6.45, 7) is 0. The van der Waals surface area contributed by atoms with E-state index in [4.69, 9.17) is 5.73 Å². The van der Waals surface area contributed by atoms with Gasteiger partial charge in [-0.3, -0.25) is 0 Å². The lowest BCUT2D eigenvalue weighted by Crippen LogP contribution is -2.26. The zero-order valence-corrected chi connectivity index (χ0v) is 8.55. The molecule has 15 heavy (non-hydrogen) atoms.